The minimum Gasteiger partial charge on any atom is -0.486 e. The lowest BCUT2D eigenvalue weighted by Crippen LogP contribution is -2.22. The van der Waals surface area contributed by atoms with E-state index in [0.29, 0.717) is 5.75 Å². The molecule has 5 heteroatoms. The number of hydrazone groups is 1. The van der Waals surface area contributed by atoms with Crippen LogP contribution in [0.1, 0.15) is 0 Å². The van der Waals surface area contributed by atoms with E-state index >= 15 is 0 Å². The van der Waals surface area contributed by atoms with Crippen molar-refractivity contribution in [2.45, 2.75) is 0 Å². The third-order valence-electron chi connectivity index (χ3n) is 1.37. The van der Waals surface area contributed by atoms with Gasteiger partial charge in [0.15, 0.2) is 5.84 Å². The molecule has 0 saturated heterocycles. The number of hydrogen-bond acceptors (Lipinski definition) is 3. The van der Waals surface area contributed by atoms with Crippen LogP contribution in [0.5, 0.6) is 5.75 Å². The first-order valence-electron chi connectivity index (χ1n) is 3.63. The predicted octanol–water partition coefficient (Wildman–Crippen LogP) is 0.435. The molecular formula is C8H10FN3O. The highest BCUT2D eigenvalue weighted by Gasteiger charge is 1.95. The first-order chi connectivity index (χ1) is 6.22. The Kier molecular flexibility index (Phi) is 3.08. The Balaban J connectivity index is 2.51. The first-order valence-corrected chi connectivity index (χ1v) is 3.63. The van der Waals surface area contributed by atoms with Gasteiger partial charge in [0.2, 0.25) is 0 Å². The summed E-state index contributed by atoms with van der Waals surface area (Å²) in [7, 11) is 0. The summed E-state index contributed by atoms with van der Waals surface area (Å²) in [5, 5.41) is 3.22. The molecule has 0 aliphatic carbocycles. The van der Waals surface area contributed by atoms with Gasteiger partial charge in [0, 0.05) is 0 Å². The number of hydrogen-bond donors (Lipinski definition) is 2. The molecule has 70 valence electrons. The first kappa shape index (κ1) is 9.31. The van der Waals surface area contributed by atoms with Gasteiger partial charge < -0.3 is 16.3 Å². The van der Waals surface area contributed by atoms with Crippen LogP contribution in [0.25, 0.3) is 0 Å². The van der Waals surface area contributed by atoms with E-state index in [1.54, 1.807) is 0 Å². The number of benzene rings is 1. The van der Waals surface area contributed by atoms with Gasteiger partial charge in [0.05, 0.1) is 0 Å². The largest absolute Gasteiger partial charge is 0.486 e. The molecule has 1 aromatic carbocycles. The van der Waals surface area contributed by atoms with Crippen molar-refractivity contribution in [2.24, 2.45) is 16.7 Å². The van der Waals surface area contributed by atoms with Crippen LogP contribution in [0.3, 0.4) is 0 Å². The Hall–Kier alpha value is -1.78. The van der Waals surface area contributed by atoms with Crippen LogP contribution < -0.4 is 16.3 Å². The molecule has 0 aromatic heterocycles. The number of amidine groups is 1. The number of halogens is 1. The topological polar surface area (TPSA) is 73.6 Å². The molecular weight excluding hydrogens is 173 g/mol. The number of ether oxygens (including phenoxy) is 1. The van der Waals surface area contributed by atoms with Crippen molar-refractivity contribution >= 4 is 5.84 Å². The predicted molar refractivity (Wildman–Crippen MR) is 47.7 cm³/mol. The van der Waals surface area contributed by atoms with E-state index in [2.05, 4.69) is 5.10 Å². The maximum absolute atomic E-state index is 12.4. The summed E-state index contributed by atoms with van der Waals surface area (Å²) in [5.41, 5.74) is 5.28. The quantitative estimate of drug-likeness (QED) is 0.309. The molecule has 0 bridgehead atoms. The van der Waals surface area contributed by atoms with Crippen molar-refractivity contribution in [2.75, 3.05) is 6.61 Å². The second-order valence-electron chi connectivity index (χ2n) is 2.36. The highest BCUT2D eigenvalue weighted by molar-refractivity contribution is 5.81. The van der Waals surface area contributed by atoms with Crippen LogP contribution in [0, 0.1) is 5.82 Å². The van der Waals surface area contributed by atoms with Crippen molar-refractivity contribution in [1.82, 2.24) is 0 Å². The molecule has 0 atom stereocenters. The molecule has 4 nitrogen and oxygen atoms in total. The lowest BCUT2D eigenvalue weighted by molar-refractivity contribution is 0.374. The van der Waals surface area contributed by atoms with Gasteiger partial charge in [-0.25, -0.2) is 4.39 Å². The molecule has 0 amide bonds. The van der Waals surface area contributed by atoms with Crippen LogP contribution in [-0.2, 0) is 0 Å². The molecule has 0 heterocycles. The number of rotatable bonds is 3. The third kappa shape index (κ3) is 2.98. The van der Waals surface area contributed by atoms with E-state index in [-0.39, 0.29) is 18.3 Å². The third-order valence-corrected chi connectivity index (χ3v) is 1.37. The number of nitrogens with two attached hydrogens (primary N) is 2. The normalized spacial score (nSPS) is 11.3. The summed E-state index contributed by atoms with van der Waals surface area (Å²) < 4.78 is 17.5. The average molecular weight is 183 g/mol. The summed E-state index contributed by atoms with van der Waals surface area (Å²) in [6.45, 7) is 0.0993. The second kappa shape index (κ2) is 4.30. The van der Waals surface area contributed by atoms with E-state index in [1.807, 2.05) is 0 Å². The van der Waals surface area contributed by atoms with Crippen LogP contribution in [0.4, 0.5) is 4.39 Å². The van der Waals surface area contributed by atoms with Gasteiger partial charge in [-0.15, -0.1) is 0 Å². The molecule has 1 aromatic rings. The summed E-state index contributed by atoms with van der Waals surface area (Å²) in [6, 6.07) is 5.59. The fourth-order valence-corrected chi connectivity index (χ4v) is 0.725. The lowest BCUT2D eigenvalue weighted by atomic mass is 10.3. The van der Waals surface area contributed by atoms with Gasteiger partial charge in [-0.3, -0.25) is 0 Å². The van der Waals surface area contributed by atoms with Crippen molar-refractivity contribution in [3.63, 3.8) is 0 Å². The van der Waals surface area contributed by atoms with Gasteiger partial charge in [0.1, 0.15) is 18.2 Å². The second-order valence-corrected chi connectivity index (χ2v) is 2.36. The Morgan fingerprint density at radius 1 is 1.38 bits per heavy atom. The van der Waals surface area contributed by atoms with Crippen molar-refractivity contribution < 1.29 is 9.13 Å². The summed E-state index contributed by atoms with van der Waals surface area (Å²) in [6.07, 6.45) is 0. The van der Waals surface area contributed by atoms with Crippen molar-refractivity contribution in [1.29, 1.82) is 0 Å². The minimum atomic E-state index is -0.312. The Morgan fingerprint density at radius 2 is 2.00 bits per heavy atom. The molecule has 0 radical (unpaired) electrons. The Labute approximate surface area is 75.0 Å². The fourth-order valence-electron chi connectivity index (χ4n) is 0.725. The van der Waals surface area contributed by atoms with Crippen LogP contribution >= 0.6 is 0 Å². The van der Waals surface area contributed by atoms with Gasteiger partial charge in [0.25, 0.3) is 0 Å². The molecule has 0 unspecified atom stereocenters. The monoisotopic (exact) mass is 183 g/mol. The summed E-state index contributed by atoms with van der Waals surface area (Å²) in [5.74, 6) is 5.28. The van der Waals surface area contributed by atoms with Crippen molar-refractivity contribution in [3.8, 4) is 5.75 Å². The number of nitrogens with zero attached hydrogens (tertiary/aromatic N) is 1. The SMILES string of the molecule is N/N=C(\N)COc1ccc(F)cc1. The Morgan fingerprint density at radius 3 is 2.54 bits per heavy atom. The molecule has 4 N–H and O–H groups in total. The fraction of sp³-hybridized carbons (Fsp3) is 0.125. The molecule has 13 heavy (non-hydrogen) atoms. The molecule has 0 saturated carbocycles. The van der Waals surface area contributed by atoms with Crippen LogP contribution in [0.15, 0.2) is 29.4 Å². The smallest absolute Gasteiger partial charge is 0.157 e. The zero-order valence-electron chi connectivity index (χ0n) is 6.90. The zero-order valence-corrected chi connectivity index (χ0v) is 6.90. The van der Waals surface area contributed by atoms with Gasteiger partial charge in [-0.05, 0) is 24.3 Å². The van der Waals surface area contributed by atoms with E-state index in [9.17, 15) is 4.39 Å². The summed E-state index contributed by atoms with van der Waals surface area (Å²) >= 11 is 0. The van der Waals surface area contributed by atoms with Gasteiger partial charge in [-0.1, -0.05) is 0 Å². The van der Waals surface area contributed by atoms with E-state index in [4.69, 9.17) is 16.3 Å². The van der Waals surface area contributed by atoms with Gasteiger partial charge >= 0.3 is 0 Å². The van der Waals surface area contributed by atoms with E-state index < -0.39 is 0 Å². The maximum Gasteiger partial charge on any atom is 0.157 e. The Bertz CT molecular complexity index is 297. The molecule has 0 aliphatic rings. The minimum absolute atomic E-state index is 0.0993. The highest BCUT2D eigenvalue weighted by Crippen LogP contribution is 2.10. The van der Waals surface area contributed by atoms with E-state index in [1.165, 1.54) is 24.3 Å². The highest BCUT2D eigenvalue weighted by atomic mass is 19.1. The molecule has 0 aliphatic heterocycles. The zero-order chi connectivity index (χ0) is 9.68. The average Bonchev–Trinajstić information content (AvgIpc) is 2.16. The van der Waals surface area contributed by atoms with Crippen LogP contribution in [-0.4, -0.2) is 12.4 Å². The molecule has 0 fully saturated rings. The van der Waals surface area contributed by atoms with Gasteiger partial charge in [-0.2, -0.15) is 5.10 Å². The summed E-state index contributed by atoms with van der Waals surface area (Å²) in [4.78, 5) is 0. The van der Waals surface area contributed by atoms with E-state index in [0.717, 1.165) is 0 Å². The van der Waals surface area contributed by atoms with Crippen LogP contribution in [0.2, 0.25) is 0 Å². The standard InChI is InChI=1S/C8H10FN3O/c9-6-1-3-7(4-2-6)13-5-8(10)12-11/h1-4H,5,11H2,(H2,10,12). The van der Waals surface area contributed by atoms with Crippen molar-refractivity contribution in [3.05, 3.63) is 30.1 Å². The maximum atomic E-state index is 12.4. The molecule has 1 rings (SSSR count). The molecule has 0 spiro atoms. The lowest BCUT2D eigenvalue weighted by Gasteiger charge is -2.03.